The quantitative estimate of drug-likeness (QED) is 0.456. The third-order valence-corrected chi connectivity index (χ3v) is 6.63. The van der Waals surface area contributed by atoms with Gasteiger partial charge in [-0.2, -0.15) is 0 Å². The monoisotopic (exact) mass is 517 g/mol. The predicted octanol–water partition coefficient (Wildman–Crippen LogP) is 4.61. The fraction of sp³-hybridized carbons (Fsp3) is 0.417. The molecule has 0 bridgehead atoms. The van der Waals surface area contributed by atoms with Crippen molar-refractivity contribution in [3.05, 3.63) is 58.3 Å². The molecule has 0 aliphatic carbocycles. The highest BCUT2D eigenvalue weighted by atomic mass is 79.9. The van der Waals surface area contributed by atoms with Crippen LogP contribution in [-0.4, -0.2) is 59.4 Å². The largest absolute Gasteiger partial charge is 0.450 e. The molecule has 0 spiro atoms. The number of carbonyl (C=O) groups excluding carboxylic acids is 1. The fourth-order valence-corrected chi connectivity index (χ4v) is 4.62. The smallest absolute Gasteiger partial charge is 0.407 e. The van der Waals surface area contributed by atoms with Gasteiger partial charge in [-0.25, -0.2) is 14.2 Å². The first-order valence-electron chi connectivity index (χ1n) is 11.3. The second-order valence-corrected chi connectivity index (χ2v) is 9.01. The lowest BCUT2D eigenvalue weighted by atomic mass is 10.1. The predicted molar refractivity (Wildman–Crippen MR) is 131 cm³/mol. The van der Waals surface area contributed by atoms with Crippen molar-refractivity contribution in [3.8, 4) is 0 Å². The van der Waals surface area contributed by atoms with Crippen LogP contribution in [0.25, 0.3) is 11.0 Å². The lowest BCUT2D eigenvalue weighted by Crippen LogP contribution is -2.43. The van der Waals surface area contributed by atoms with Gasteiger partial charge in [-0.1, -0.05) is 34.1 Å². The molecule has 0 radical (unpaired) electrons. The average molecular weight is 518 g/mol. The van der Waals surface area contributed by atoms with Gasteiger partial charge in [0.2, 0.25) is 5.95 Å². The van der Waals surface area contributed by atoms with Crippen molar-refractivity contribution in [1.82, 2.24) is 19.8 Å². The Hall–Kier alpha value is -2.65. The van der Waals surface area contributed by atoms with Crippen LogP contribution < -0.4 is 10.6 Å². The molecule has 2 aromatic carbocycles. The molecule has 176 valence electrons. The van der Waals surface area contributed by atoms with Gasteiger partial charge < -0.3 is 24.8 Å². The number of rotatable bonds is 8. The summed E-state index contributed by atoms with van der Waals surface area (Å²) in [7, 11) is 0. The van der Waals surface area contributed by atoms with Gasteiger partial charge in [0, 0.05) is 36.7 Å². The number of amides is 1. The van der Waals surface area contributed by atoms with E-state index in [-0.39, 0.29) is 11.9 Å². The van der Waals surface area contributed by atoms with Crippen LogP contribution in [0.5, 0.6) is 0 Å². The van der Waals surface area contributed by atoms with Crippen molar-refractivity contribution < 1.29 is 13.9 Å². The van der Waals surface area contributed by atoms with Crippen LogP contribution in [0.4, 0.5) is 15.1 Å². The summed E-state index contributed by atoms with van der Waals surface area (Å²) in [4.78, 5) is 18.6. The van der Waals surface area contributed by atoms with Crippen LogP contribution in [0.2, 0.25) is 0 Å². The molecule has 9 heteroatoms. The van der Waals surface area contributed by atoms with Crippen LogP contribution in [0.15, 0.2) is 46.9 Å². The number of carbonyl (C=O) groups is 1. The molecule has 4 rings (SSSR count). The highest BCUT2D eigenvalue weighted by Gasteiger charge is 2.21. The third-order valence-electron chi connectivity index (χ3n) is 5.89. The topological polar surface area (TPSA) is 71.4 Å². The molecule has 1 fully saturated rings. The number of benzene rings is 2. The molecule has 1 amide bonds. The number of aromatic nitrogens is 2. The molecule has 0 unspecified atom stereocenters. The Morgan fingerprint density at radius 1 is 1.24 bits per heavy atom. The summed E-state index contributed by atoms with van der Waals surface area (Å²) in [5, 5.41) is 6.42. The molecule has 0 saturated carbocycles. The summed E-state index contributed by atoms with van der Waals surface area (Å²) in [6.07, 6.45) is 1.62. The summed E-state index contributed by atoms with van der Waals surface area (Å²) in [5.74, 6) is 0.568. The number of likely N-dealkylation sites (tertiary alicyclic amines) is 1. The summed E-state index contributed by atoms with van der Waals surface area (Å²) < 4.78 is 21.4. The number of piperidine rings is 1. The first-order chi connectivity index (χ1) is 16.0. The van der Waals surface area contributed by atoms with Crippen LogP contribution in [0, 0.1) is 5.82 Å². The normalized spacial score (nSPS) is 15.0. The van der Waals surface area contributed by atoms with E-state index in [0.29, 0.717) is 25.7 Å². The number of para-hydroxylation sites is 2. The minimum atomic E-state index is -0.360. The Kier molecular flexibility index (Phi) is 7.82. The molecule has 3 aromatic rings. The Balaban J connectivity index is 1.40. The van der Waals surface area contributed by atoms with Gasteiger partial charge in [-0.05, 0) is 49.6 Å². The van der Waals surface area contributed by atoms with Gasteiger partial charge in [0.25, 0.3) is 0 Å². The van der Waals surface area contributed by atoms with E-state index in [1.54, 1.807) is 13.0 Å². The number of alkyl carbamates (subject to hydrolysis) is 1. The molecular weight excluding hydrogens is 489 g/mol. The Labute approximate surface area is 201 Å². The SMILES string of the molecule is CCOC(=O)NCCN1CCC(Nc2nc3ccccc3n2Cc2ccc(F)cc2Br)CC1. The maximum absolute atomic E-state index is 13.6. The van der Waals surface area contributed by atoms with E-state index in [1.165, 1.54) is 12.1 Å². The zero-order valence-electron chi connectivity index (χ0n) is 18.7. The van der Waals surface area contributed by atoms with Crippen molar-refractivity contribution in [1.29, 1.82) is 0 Å². The lowest BCUT2D eigenvalue weighted by molar-refractivity contribution is 0.148. The standard InChI is InChI=1S/C24H29BrFN5O2/c1-2-33-24(32)27-11-14-30-12-9-19(10-13-30)28-23-29-21-5-3-4-6-22(21)31(23)16-17-7-8-18(26)15-20(17)25/h3-8,15,19H,2,9-14,16H2,1H3,(H,27,32)(H,28,29). The molecule has 2 heterocycles. The Bertz CT molecular complexity index is 1100. The number of fused-ring (bicyclic) bond motifs is 1. The number of imidazole rings is 1. The maximum atomic E-state index is 13.6. The zero-order valence-corrected chi connectivity index (χ0v) is 20.3. The number of halogens is 2. The van der Waals surface area contributed by atoms with E-state index in [1.807, 2.05) is 18.2 Å². The second kappa shape index (κ2) is 11.0. The van der Waals surface area contributed by atoms with Crippen LogP contribution >= 0.6 is 15.9 Å². The first kappa shape index (κ1) is 23.5. The van der Waals surface area contributed by atoms with Gasteiger partial charge >= 0.3 is 6.09 Å². The van der Waals surface area contributed by atoms with Crippen molar-refractivity contribution in [2.75, 3.05) is 38.1 Å². The maximum Gasteiger partial charge on any atom is 0.407 e. The van der Waals surface area contributed by atoms with Crippen LogP contribution in [0.1, 0.15) is 25.3 Å². The summed E-state index contributed by atoms with van der Waals surface area (Å²) in [5.41, 5.74) is 2.96. The van der Waals surface area contributed by atoms with E-state index in [9.17, 15) is 9.18 Å². The van der Waals surface area contributed by atoms with Crippen molar-refractivity contribution >= 4 is 39.0 Å². The molecule has 1 aliphatic heterocycles. The molecule has 1 saturated heterocycles. The summed E-state index contributed by atoms with van der Waals surface area (Å²) >= 11 is 3.49. The van der Waals surface area contributed by atoms with Gasteiger partial charge in [0.1, 0.15) is 5.82 Å². The van der Waals surface area contributed by atoms with Gasteiger partial charge in [0.15, 0.2) is 0 Å². The fourth-order valence-electron chi connectivity index (χ4n) is 4.15. The molecular formula is C24H29BrFN5O2. The van der Waals surface area contributed by atoms with Gasteiger partial charge in [-0.15, -0.1) is 0 Å². The molecule has 1 aliphatic rings. The number of anilines is 1. The zero-order chi connectivity index (χ0) is 23.2. The van der Waals surface area contributed by atoms with E-state index in [2.05, 4.69) is 42.1 Å². The second-order valence-electron chi connectivity index (χ2n) is 8.15. The van der Waals surface area contributed by atoms with Gasteiger partial charge in [0.05, 0.1) is 24.2 Å². The minimum absolute atomic E-state index is 0.260. The Morgan fingerprint density at radius 2 is 2.03 bits per heavy atom. The number of nitrogens with one attached hydrogen (secondary N) is 2. The number of ether oxygens (including phenoxy) is 1. The minimum Gasteiger partial charge on any atom is -0.450 e. The average Bonchev–Trinajstić information content (AvgIpc) is 3.14. The molecule has 0 atom stereocenters. The van der Waals surface area contributed by atoms with E-state index in [4.69, 9.17) is 9.72 Å². The van der Waals surface area contributed by atoms with Gasteiger partial charge in [-0.3, -0.25) is 0 Å². The summed E-state index contributed by atoms with van der Waals surface area (Å²) in [6, 6.07) is 13.2. The molecule has 7 nitrogen and oxygen atoms in total. The lowest BCUT2D eigenvalue weighted by Gasteiger charge is -2.32. The van der Waals surface area contributed by atoms with E-state index >= 15 is 0 Å². The van der Waals surface area contributed by atoms with Crippen LogP contribution in [0.3, 0.4) is 0 Å². The first-order valence-corrected chi connectivity index (χ1v) is 12.1. The Morgan fingerprint density at radius 3 is 2.79 bits per heavy atom. The molecule has 33 heavy (non-hydrogen) atoms. The van der Waals surface area contributed by atoms with E-state index < -0.39 is 0 Å². The van der Waals surface area contributed by atoms with Crippen molar-refractivity contribution in [2.24, 2.45) is 0 Å². The third kappa shape index (κ3) is 6.03. The number of nitrogens with zero attached hydrogens (tertiary/aromatic N) is 3. The van der Waals surface area contributed by atoms with Crippen molar-refractivity contribution in [3.63, 3.8) is 0 Å². The highest BCUT2D eigenvalue weighted by molar-refractivity contribution is 9.10. The van der Waals surface area contributed by atoms with Crippen molar-refractivity contribution in [2.45, 2.75) is 32.4 Å². The summed E-state index contributed by atoms with van der Waals surface area (Å²) in [6.45, 7) is 6.05. The molecule has 2 N–H and O–H groups in total. The van der Waals surface area contributed by atoms with Crippen LogP contribution in [-0.2, 0) is 11.3 Å². The van der Waals surface area contributed by atoms with E-state index in [0.717, 1.165) is 59.5 Å². The number of hydrogen-bond acceptors (Lipinski definition) is 5. The molecule has 1 aromatic heterocycles. The highest BCUT2D eigenvalue weighted by Crippen LogP contribution is 2.26. The number of hydrogen-bond donors (Lipinski definition) is 2.